The first kappa shape index (κ1) is 13.1. The fraction of sp³-hybridized carbons (Fsp3) is 0.467. The van der Waals surface area contributed by atoms with Crippen LogP contribution >= 0.6 is 0 Å². The van der Waals surface area contributed by atoms with E-state index in [-0.39, 0.29) is 0 Å². The van der Waals surface area contributed by atoms with Crippen LogP contribution in [-0.2, 0) is 12.8 Å². The summed E-state index contributed by atoms with van der Waals surface area (Å²) in [5, 5.41) is 7.39. The summed E-state index contributed by atoms with van der Waals surface area (Å²) in [7, 11) is 0. The van der Waals surface area contributed by atoms with Gasteiger partial charge in [-0.1, -0.05) is 23.4 Å². The molecule has 0 atom stereocenters. The molecule has 0 unspecified atom stereocenters. The molecule has 0 bridgehead atoms. The molecule has 106 valence electrons. The molecule has 5 nitrogen and oxygen atoms in total. The van der Waals surface area contributed by atoms with Gasteiger partial charge in [0.15, 0.2) is 5.82 Å². The highest BCUT2D eigenvalue weighted by atomic mass is 16.5. The Morgan fingerprint density at radius 1 is 1.20 bits per heavy atom. The van der Waals surface area contributed by atoms with E-state index < -0.39 is 0 Å². The van der Waals surface area contributed by atoms with Crippen LogP contribution in [0.25, 0.3) is 0 Å². The Kier molecular flexibility index (Phi) is 4.28. The van der Waals surface area contributed by atoms with Gasteiger partial charge in [0.1, 0.15) is 5.75 Å². The van der Waals surface area contributed by atoms with Gasteiger partial charge < -0.3 is 14.6 Å². The minimum absolute atomic E-state index is 0.559. The van der Waals surface area contributed by atoms with Crippen molar-refractivity contribution in [3.05, 3.63) is 42.0 Å². The van der Waals surface area contributed by atoms with E-state index in [1.165, 1.54) is 12.8 Å². The van der Waals surface area contributed by atoms with Gasteiger partial charge in [0.25, 0.3) is 0 Å². The number of aromatic nitrogens is 2. The molecular weight excluding hydrogens is 254 g/mol. The van der Waals surface area contributed by atoms with E-state index in [9.17, 15) is 0 Å². The molecule has 1 heterocycles. The summed E-state index contributed by atoms with van der Waals surface area (Å²) in [6, 6.07) is 10.5. The van der Waals surface area contributed by atoms with E-state index in [4.69, 9.17) is 9.26 Å². The van der Waals surface area contributed by atoms with Crippen LogP contribution in [0.15, 0.2) is 34.9 Å². The molecule has 5 heteroatoms. The second-order valence-corrected chi connectivity index (χ2v) is 4.99. The van der Waals surface area contributed by atoms with Crippen molar-refractivity contribution in [2.24, 2.45) is 0 Å². The van der Waals surface area contributed by atoms with Gasteiger partial charge >= 0.3 is 0 Å². The van der Waals surface area contributed by atoms with Crippen molar-refractivity contribution in [2.75, 3.05) is 13.2 Å². The number of rotatable bonds is 8. The normalized spacial score (nSPS) is 14.4. The third kappa shape index (κ3) is 4.06. The van der Waals surface area contributed by atoms with Crippen molar-refractivity contribution >= 4 is 0 Å². The fourth-order valence-electron chi connectivity index (χ4n) is 1.94. The Hall–Kier alpha value is -1.88. The smallest absolute Gasteiger partial charge is 0.227 e. The van der Waals surface area contributed by atoms with Gasteiger partial charge in [0, 0.05) is 25.4 Å². The average Bonchev–Trinajstić information content (AvgIpc) is 3.19. The molecule has 1 aliphatic carbocycles. The molecule has 0 saturated heterocycles. The van der Waals surface area contributed by atoms with Gasteiger partial charge in [0.2, 0.25) is 5.89 Å². The van der Waals surface area contributed by atoms with Crippen molar-refractivity contribution in [2.45, 2.75) is 31.7 Å². The molecule has 1 N–H and O–H groups in total. The molecule has 0 aliphatic heterocycles. The molecule has 1 fully saturated rings. The van der Waals surface area contributed by atoms with Crippen molar-refractivity contribution in [1.29, 1.82) is 0 Å². The number of hydrogen-bond donors (Lipinski definition) is 1. The summed E-state index contributed by atoms with van der Waals surface area (Å²) >= 11 is 0. The van der Waals surface area contributed by atoms with E-state index in [0.717, 1.165) is 24.8 Å². The lowest BCUT2D eigenvalue weighted by Gasteiger charge is -2.02. The third-order valence-electron chi connectivity index (χ3n) is 3.20. The highest BCUT2D eigenvalue weighted by molar-refractivity contribution is 5.20. The summed E-state index contributed by atoms with van der Waals surface area (Å²) in [5.41, 5.74) is 0. The molecule has 20 heavy (non-hydrogen) atoms. The first-order valence-electron chi connectivity index (χ1n) is 7.13. The van der Waals surface area contributed by atoms with Crippen LogP contribution in [-0.4, -0.2) is 29.3 Å². The SMILES string of the molecule is c1ccc(OCCc2noc(CCNC3CC3)n2)cc1. The standard InChI is InChI=1S/C15H19N3O2/c1-2-4-13(5-3-1)19-11-9-14-17-15(20-18-14)8-10-16-12-6-7-12/h1-5,12,16H,6-11H2. The van der Waals surface area contributed by atoms with Crippen LogP contribution in [0.5, 0.6) is 5.75 Å². The lowest BCUT2D eigenvalue weighted by atomic mass is 10.3. The molecule has 2 aromatic rings. The highest BCUT2D eigenvalue weighted by Gasteiger charge is 2.20. The van der Waals surface area contributed by atoms with Gasteiger partial charge in [0.05, 0.1) is 6.61 Å². The molecule has 0 spiro atoms. The van der Waals surface area contributed by atoms with Crippen molar-refractivity contribution < 1.29 is 9.26 Å². The molecular formula is C15H19N3O2. The minimum Gasteiger partial charge on any atom is -0.493 e. The van der Waals surface area contributed by atoms with Crippen LogP contribution in [0.1, 0.15) is 24.6 Å². The molecule has 1 aliphatic rings. The Balaban J connectivity index is 1.38. The Bertz CT molecular complexity index is 523. The maximum Gasteiger partial charge on any atom is 0.227 e. The van der Waals surface area contributed by atoms with E-state index in [1.54, 1.807) is 0 Å². The second-order valence-electron chi connectivity index (χ2n) is 4.99. The largest absolute Gasteiger partial charge is 0.493 e. The van der Waals surface area contributed by atoms with Crippen LogP contribution < -0.4 is 10.1 Å². The monoisotopic (exact) mass is 273 g/mol. The number of benzene rings is 1. The molecule has 3 rings (SSSR count). The van der Waals surface area contributed by atoms with E-state index in [2.05, 4.69) is 15.5 Å². The summed E-state index contributed by atoms with van der Waals surface area (Å²) in [5.74, 6) is 2.28. The fourth-order valence-corrected chi connectivity index (χ4v) is 1.94. The Morgan fingerprint density at radius 3 is 2.85 bits per heavy atom. The number of hydrogen-bond acceptors (Lipinski definition) is 5. The number of para-hydroxylation sites is 1. The zero-order valence-electron chi connectivity index (χ0n) is 11.4. The Morgan fingerprint density at radius 2 is 2.05 bits per heavy atom. The third-order valence-corrected chi connectivity index (χ3v) is 3.20. The van der Waals surface area contributed by atoms with Gasteiger partial charge in [-0.25, -0.2) is 0 Å². The van der Waals surface area contributed by atoms with Gasteiger partial charge in [-0.15, -0.1) is 0 Å². The summed E-state index contributed by atoms with van der Waals surface area (Å²) in [6.45, 7) is 1.47. The zero-order valence-corrected chi connectivity index (χ0v) is 11.4. The van der Waals surface area contributed by atoms with Gasteiger partial charge in [-0.3, -0.25) is 0 Å². The predicted octanol–water partition coefficient (Wildman–Crippen LogP) is 1.99. The highest BCUT2D eigenvalue weighted by Crippen LogP contribution is 2.18. The maximum absolute atomic E-state index is 5.61. The lowest BCUT2D eigenvalue weighted by molar-refractivity contribution is 0.313. The van der Waals surface area contributed by atoms with E-state index >= 15 is 0 Å². The molecule has 1 aromatic carbocycles. The summed E-state index contributed by atoms with van der Waals surface area (Å²) in [6.07, 6.45) is 4.05. The minimum atomic E-state index is 0.559. The zero-order chi connectivity index (χ0) is 13.6. The van der Waals surface area contributed by atoms with Gasteiger partial charge in [-0.2, -0.15) is 4.98 Å². The molecule has 0 amide bonds. The maximum atomic E-state index is 5.61. The van der Waals surface area contributed by atoms with Crippen LogP contribution in [0.3, 0.4) is 0 Å². The second kappa shape index (κ2) is 6.52. The van der Waals surface area contributed by atoms with E-state index in [0.29, 0.717) is 24.7 Å². The Labute approximate surface area is 118 Å². The summed E-state index contributed by atoms with van der Waals surface area (Å²) < 4.78 is 10.8. The van der Waals surface area contributed by atoms with E-state index in [1.807, 2.05) is 30.3 Å². The van der Waals surface area contributed by atoms with Crippen molar-refractivity contribution in [3.8, 4) is 5.75 Å². The van der Waals surface area contributed by atoms with Gasteiger partial charge in [-0.05, 0) is 25.0 Å². The molecule has 1 saturated carbocycles. The number of nitrogens with one attached hydrogen (secondary N) is 1. The topological polar surface area (TPSA) is 60.2 Å². The quantitative estimate of drug-likeness (QED) is 0.797. The van der Waals surface area contributed by atoms with Crippen LogP contribution in [0.2, 0.25) is 0 Å². The molecule has 1 aromatic heterocycles. The summed E-state index contributed by atoms with van der Waals surface area (Å²) in [4.78, 5) is 4.36. The first-order valence-corrected chi connectivity index (χ1v) is 7.13. The van der Waals surface area contributed by atoms with Crippen LogP contribution in [0.4, 0.5) is 0 Å². The van der Waals surface area contributed by atoms with Crippen LogP contribution in [0, 0.1) is 0 Å². The lowest BCUT2D eigenvalue weighted by Crippen LogP contribution is -2.19. The number of nitrogens with zero attached hydrogens (tertiary/aromatic N) is 2. The predicted molar refractivity (Wildman–Crippen MR) is 74.7 cm³/mol. The number of ether oxygens (including phenoxy) is 1. The van der Waals surface area contributed by atoms with Crippen molar-refractivity contribution in [1.82, 2.24) is 15.5 Å². The first-order chi connectivity index (χ1) is 9.90. The molecule has 0 radical (unpaired) electrons. The average molecular weight is 273 g/mol. The van der Waals surface area contributed by atoms with Crippen molar-refractivity contribution in [3.63, 3.8) is 0 Å².